The van der Waals surface area contributed by atoms with Gasteiger partial charge in [-0.15, -0.1) is 0 Å². The van der Waals surface area contributed by atoms with Crippen molar-refractivity contribution in [1.82, 2.24) is 14.9 Å². The molecule has 0 aliphatic rings. The molecule has 2 rings (SSSR count). The Bertz CT molecular complexity index is 1010. The lowest BCUT2D eigenvalue weighted by molar-refractivity contribution is -0.123. The number of primary amides is 1. The third-order valence-electron chi connectivity index (χ3n) is 4.36. The first-order chi connectivity index (χ1) is 14.0. The highest BCUT2D eigenvalue weighted by Gasteiger charge is 2.32. The number of rotatable bonds is 10. The second-order valence-corrected chi connectivity index (χ2v) is 8.39. The van der Waals surface area contributed by atoms with E-state index in [0.717, 1.165) is 12.1 Å². The third-order valence-corrected chi connectivity index (χ3v) is 5.44. The highest BCUT2D eigenvalue weighted by Crippen LogP contribution is 2.37. The van der Waals surface area contributed by atoms with Gasteiger partial charge < -0.3 is 26.5 Å². The van der Waals surface area contributed by atoms with Crippen molar-refractivity contribution >= 4 is 33.5 Å². The number of nitrogens with zero attached hydrogens (tertiary/aromatic N) is 2. The number of halogens is 1. The van der Waals surface area contributed by atoms with Crippen molar-refractivity contribution in [3.63, 3.8) is 0 Å². The average molecular weight is 460 g/mol. The molecule has 0 spiro atoms. The summed E-state index contributed by atoms with van der Waals surface area (Å²) < 4.78 is 34.1. The monoisotopic (exact) mass is 459 g/mol. The normalized spacial score (nSPS) is 13.6. The topological polar surface area (TPSA) is 191 Å². The van der Waals surface area contributed by atoms with E-state index in [2.05, 4.69) is 10.3 Å². The van der Waals surface area contributed by atoms with E-state index < -0.39 is 51.0 Å². The summed E-state index contributed by atoms with van der Waals surface area (Å²) in [4.78, 5) is 27.0. The SMILES string of the molecule is NC(=O)CC(c1cc(Cl)cc(S(=O)(=O)O)c1O)[C@H](N)C(=O)NCCCn1ccnc1. The second kappa shape index (κ2) is 9.89. The number of aromatic hydroxyl groups is 1. The van der Waals surface area contributed by atoms with Gasteiger partial charge in [-0.05, 0) is 18.6 Å². The summed E-state index contributed by atoms with van der Waals surface area (Å²) in [6, 6.07) is 0.633. The zero-order valence-electron chi connectivity index (χ0n) is 15.7. The van der Waals surface area contributed by atoms with Crippen LogP contribution in [-0.2, 0) is 26.3 Å². The number of phenolic OH excluding ortho intramolecular Hbond substituents is 1. The Balaban J connectivity index is 2.21. The van der Waals surface area contributed by atoms with Gasteiger partial charge >= 0.3 is 0 Å². The molecular weight excluding hydrogens is 438 g/mol. The lowest BCUT2D eigenvalue weighted by Crippen LogP contribution is -2.46. The van der Waals surface area contributed by atoms with Crippen LogP contribution in [0.4, 0.5) is 0 Å². The highest BCUT2D eigenvalue weighted by molar-refractivity contribution is 7.86. The number of hydrogen-bond donors (Lipinski definition) is 5. The maximum Gasteiger partial charge on any atom is 0.298 e. The van der Waals surface area contributed by atoms with Crippen molar-refractivity contribution in [2.75, 3.05) is 6.54 Å². The zero-order valence-corrected chi connectivity index (χ0v) is 17.3. The summed E-state index contributed by atoms with van der Waals surface area (Å²) in [6.45, 7) is 0.874. The molecule has 2 aromatic rings. The maximum absolute atomic E-state index is 12.5. The second-order valence-electron chi connectivity index (χ2n) is 6.56. The quantitative estimate of drug-likeness (QED) is 0.241. The molecule has 1 unspecified atom stereocenters. The highest BCUT2D eigenvalue weighted by atomic mass is 35.5. The van der Waals surface area contributed by atoms with Crippen LogP contribution in [0.15, 0.2) is 35.7 Å². The van der Waals surface area contributed by atoms with E-state index in [4.69, 9.17) is 23.1 Å². The van der Waals surface area contributed by atoms with Crippen LogP contribution >= 0.6 is 11.6 Å². The molecule has 0 radical (unpaired) electrons. The van der Waals surface area contributed by atoms with Gasteiger partial charge in [0, 0.05) is 48.4 Å². The first-order valence-corrected chi connectivity index (χ1v) is 10.6. The van der Waals surface area contributed by atoms with E-state index in [-0.39, 0.29) is 17.1 Å². The van der Waals surface area contributed by atoms with Crippen molar-refractivity contribution in [2.45, 2.75) is 36.2 Å². The predicted octanol–water partition coefficient (Wildman–Crippen LogP) is -0.0184. The van der Waals surface area contributed by atoms with Gasteiger partial charge in [0.05, 0.1) is 12.4 Å². The molecule has 164 valence electrons. The van der Waals surface area contributed by atoms with Crippen LogP contribution in [0.25, 0.3) is 0 Å². The number of nitrogens with one attached hydrogen (secondary N) is 1. The molecule has 30 heavy (non-hydrogen) atoms. The van der Waals surface area contributed by atoms with Crippen molar-refractivity contribution in [2.24, 2.45) is 11.5 Å². The van der Waals surface area contributed by atoms with Gasteiger partial charge in [-0.3, -0.25) is 14.1 Å². The molecule has 1 aromatic heterocycles. The van der Waals surface area contributed by atoms with Crippen LogP contribution in [0.3, 0.4) is 0 Å². The predicted molar refractivity (Wildman–Crippen MR) is 107 cm³/mol. The van der Waals surface area contributed by atoms with E-state index >= 15 is 0 Å². The molecular formula is C17H22ClN5O6S. The minimum atomic E-state index is -4.82. The Morgan fingerprint density at radius 3 is 2.60 bits per heavy atom. The first kappa shape index (κ1) is 23.6. The molecule has 0 saturated carbocycles. The fourth-order valence-electron chi connectivity index (χ4n) is 2.91. The van der Waals surface area contributed by atoms with Gasteiger partial charge in [0.1, 0.15) is 10.6 Å². The van der Waals surface area contributed by atoms with Gasteiger partial charge in [-0.25, -0.2) is 4.98 Å². The van der Waals surface area contributed by atoms with Gasteiger partial charge in [0.15, 0.2) is 0 Å². The van der Waals surface area contributed by atoms with Crippen LogP contribution in [0.2, 0.25) is 5.02 Å². The fraction of sp³-hybridized carbons (Fsp3) is 0.353. The summed E-state index contributed by atoms with van der Waals surface area (Å²) >= 11 is 5.89. The van der Waals surface area contributed by atoms with Crippen molar-refractivity contribution in [3.05, 3.63) is 41.4 Å². The molecule has 0 fully saturated rings. The number of amides is 2. The lowest BCUT2D eigenvalue weighted by Gasteiger charge is -2.24. The van der Waals surface area contributed by atoms with E-state index in [9.17, 15) is 27.7 Å². The molecule has 11 nitrogen and oxygen atoms in total. The van der Waals surface area contributed by atoms with E-state index in [0.29, 0.717) is 13.0 Å². The Morgan fingerprint density at radius 1 is 1.33 bits per heavy atom. The van der Waals surface area contributed by atoms with Crippen LogP contribution in [-0.4, -0.2) is 52.0 Å². The number of aryl methyl sites for hydroxylation is 1. The number of nitrogens with two attached hydrogens (primary N) is 2. The summed E-state index contributed by atoms with van der Waals surface area (Å²) in [5.41, 5.74) is 11.0. The molecule has 2 amide bonds. The number of aromatic nitrogens is 2. The number of imidazole rings is 1. The zero-order chi connectivity index (χ0) is 22.5. The van der Waals surface area contributed by atoms with E-state index in [1.54, 1.807) is 18.7 Å². The van der Waals surface area contributed by atoms with Gasteiger partial charge in [0.25, 0.3) is 10.1 Å². The van der Waals surface area contributed by atoms with Gasteiger partial charge in [-0.1, -0.05) is 11.6 Å². The summed E-state index contributed by atoms with van der Waals surface area (Å²) in [6.07, 6.45) is 5.13. The van der Waals surface area contributed by atoms with Gasteiger partial charge in [-0.2, -0.15) is 8.42 Å². The Morgan fingerprint density at radius 2 is 2.03 bits per heavy atom. The smallest absolute Gasteiger partial charge is 0.298 e. The average Bonchev–Trinajstić information content (AvgIpc) is 3.16. The number of carbonyl (C=O) groups excluding carboxylic acids is 2. The summed E-state index contributed by atoms with van der Waals surface area (Å²) in [5.74, 6) is -3.53. The van der Waals surface area contributed by atoms with Crippen molar-refractivity contribution in [3.8, 4) is 5.75 Å². The number of phenols is 1. The standard InChI is InChI=1S/C17H22ClN5O6S/c18-10-6-12(16(25)13(7-10)30(27,28)29)11(8-14(19)24)15(20)17(26)22-2-1-4-23-5-3-21-9-23/h3,5-7,9,11,15,25H,1-2,4,8,20H2,(H2,19,24)(H,22,26)(H,27,28,29)/t11?,15-/m0/s1. The molecule has 0 bridgehead atoms. The molecule has 1 heterocycles. The molecule has 0 aliphatic heterocycles. The Labute approximate surface area is 177 Å². The minimum Gasteiger partial charge on any atom is -0.506 e. The molecule has 13 heteroatoms. The van der Waals surface area contributed by atoms with Crippen molar-refractivity contribution < 1.29 is 27.7 Å². The molecule has 7 N–H and O–H groups in total. The minimum absolute atomic E-state index is 0.155. The fourth-order valence-corrected chi connectivity index (χ4v) is 3.84. The van der Waals surface area contributed by atoms with E-state index in [1.165, 1.54) is 0 Å². The summed E-state index contributed by atoms with van der Waals surface area (Å²) in [7, 11) is -4.82. The number of benzene rings is 1. The molecule has 2 atom stereocenters. The number of carbonyl (C=O) groups is 2. The lowest BCUT2D eigenvalue weighted by atomic mass is 9.87. The van der Waals surface area contributed by atoms with Crippen molar-refractivity contribution in [1.29, 1.82) is 0 Å². The van der Waals surface area contributed by atoms with Crippen LogP contribution in [0, 0.1) is 0 Å². The first-order valence-electron chi connectivity index (χ1n) is 8.78. The third kappa shape index (κ3) is 6.16. The maximum atomic E-state index is 12.5. The van der Waals surface area contributed by atoms with E-state index in [1.807, 2.05) is 4.57 Å². The Kier molecular flexibility index (Phi) is 7.78. The molecule has 0 saturated heterocycles. The molecule has 0 aliphatic carbocycles. The van der Waals surface area contributed by atoms with Crippen LogP contribution in [0.1, 0.15) is 24.3 Å². The largest absolute Gasteiger partial charge is 0.506 e. The van der Waals surface area contributed by atoms with Gasteiger partial charge in [0.2, 0.25) is 11.8 Å². The van der Waals surface area contributed by atoms with Crippen LogP contribution in [0.5, 0.6) is 5.75 Å². The van der Waals surface area contributed by atoms with Crippen LogP contribution < -0.4 is 16.8 Å². The Hall–Kier alpha value is -2.67. The summed E-state index contributed by atoms with van der Waals surface area (Å²) in [5, 5.41) is 12.8. The number of hydrogen-bond acceptors (Lipinski definition) is 7. The molecule has 1 aromatic carbocycles.